The summed E-state index contributed by atoms with van der Waals surface area (Å²) in [6, 6.07) is 0. The molecule has 21 heavy (non-hydrogen) atoms. The highest BCUT2D eigenvalue weighted by atomic mass is 32.2. The lowest BCUT2D eigenvalue weighted by Gasteiger charge is -2.07. The van der Waals surface area contributed by atoms with Crippen molar-refractivity contribution < 1.29 is 8.42 Å². The fourth-order valence-corrected chi connectivity index (χ4v) is 3.61. The number of aromatic amines is 1. The molecule has 0 unspecified atom stereocenters. The van der Waals surface area contributed by atoms with E-state index in [1.54, 1.807) is 18.5 Å². The summed E-state index contributed by atoms with van der Waals surface area (Å²) in [6.45, 7) is 7.71. The molecule has 0 amide bonds. The number of hydrogen-bond acceptors (Lipinski definition) is 5. The van der Waals surface area contributed by atoms with E-state index in [-0.39, 0.29) is 4.90 Å². The second-order valence-corrected chi connectivity index (χ2v) is 6.29. The van der Waals surface area contributed by atoms with Crippen molar-refractivity contribution in [1.29, 1.82) is 0 Å². The minimum atomic E-state index is -3.67. The normalized spacial score (nSPS) is 11.8. The molecule has 9 heteroatoms. The quantitative estimate of drug-likeness (QED) is 0.651. The number of nitrogens with one attached hydrogen (secondary N) is 3. The van der Waals surface area contributed by atoms with Gasteiger partial charge in [-0.25, -0.2) is 8.42 Å². The van der Waals surface area contributed by atoms with Gasteiger partial charge in [0.2, 0.25) is 0 Å². The predicted molar refractivity (Wildman–Crippen MR) is 79.6 cm³/mol. The van der Waals surface area contributed by atoms with Gasteiger partial charge in [-0.1, -0.05) is 6.92 Å². The van der Waals surface area contributed by atoms with Crippen molar-refractivity contribution in [2.45, 2.75) is 32.2 Å². The number of sulfonamides is 1. The zero-order valence-electron chi connectivity index (χ0n) is 12.3. The first-order valence-electron chi connectivity index (χ1n) is 6.72. The number of aryl methyl sites for hydroxylation is 1. The average molecular weight is 312 g/mol. The van der Waals surface area contributed by atoms with Crippen LogP contribution in [0.4, 0.5) is 5.69 Å². The van der Waals surface area contributed by atoms with Crippen LogP contribution in [-0.2, 0) is 16.6 Å². The van der Waals surface area contributed by atoms with Gasteiger partial charge in [0, 0.05) is 12.7 Å². The standard InChI is InChI=1S/C12H20N6O2S/c1-4-13-5-6-18-10(3)12(9(2)16-18)21(19,20)17-11-7-14-15-8-11/h7-8,13,17H,4-6H2,1-3H3,(H,14,15). The molecule has 0 fully saturated rings. The lowest BCUT2D eigenvalue weighted by Crippen LogP contribution is -2.21. The van der Waals surface area contributed by atoms with Crippen LogP contribution in [0.5, 0.6) is 0 Å². The van der Waals surface area contributed by atoms with Gasteiger partial charge in [-0.05, 0) is 20.4 Å². The maximum absolute atomic E-state index is 12.5. The predicted octanol–water partition coefficient (Wildman–Crippen LogP) is 0.633. The van der Waals surface area contributed by atoms with E-state index < -0.39 is 10.0 Å². The molecule has 0 aliphatic rings. The molecule has 0 radical (unpaired) electrons. The molecule has 2 aromatic heterocycles. The van der Waals surface area contributed by atoms with Crippen LogP contribution in [0.3, 0.4) is 0 Å². The van der Waals surface area contributed by atoms with E-state index in [1.807, 2.05) is 6.92 Å². The smallest absolute Gasteiger partial charge is 0.265 e. The summed E-state index contributed by atoms with van der Waals surface area (Å²) >= 11 is 0. The van der Waals surface area contributed by atoms with Gasteiger partial charge in [0.25, 0.3) is 10.0 Å². The number of anilines is 1. The lowest BCUT2D eigenvalue weighted by atomic mass is 10.4. The summed E-state index contributed by atoms with van der Waals surface area (Å²) in [5.74, 6) is 0. The van der Waals surface area contributed by atoms with Crippen LogP contribution in [0.1, 0.15) is 18.3 Å². The monoisotopic (exact) mass is 312 g/mol. The van der Waals surface area contributed by atoms with E-state index in [1.165, 1.54) is 12.4 Å². The minimum absolute atomic E-state index is 0.222. The highest BCUT2D eigenvalue weighted by Crippen LogP contribution is 2.22. The molecule has 2 aromatic rings. The third kappa shape index (κ3) is 3.42. The van der Waals surface area contributed by atoms with Crippen molar-refractivity contribution in [2.75, 3.05) is 17.8 Å². The van der Waals surface area contributed by atoms with E-state index in [9.17, 15) is 8.42 Å². The summed E-state index contributed by atoms with van der Waals surface area (Å²) in [4.78, 5) is 0.222. The van der Waals surface area contributed by atoms with Gasteiger partial charge in [-0.2, -0.15) is 10.2 Å². The Morgan fingerprint density at radius 2 is 2.14 bits per heavy atom. The number of aromatic nitrogens is 4. The molecule has 0 atom stereocenters. The van der Waals surface area contributed by atoms with Crippen molar-refractivity contribution in [3.63, 3.8) is 0 Å². The Bertz CT molecular complexity index is 690. The maximum Gasteiger partial charge on any atom is 0.265 e. The first-order chi connectivity index (χ1) is 9.95. The van der Waals surface area contributed by atoms with Crippen LogP contribution >= 0.6 is 0 Å². The molecule has 0 bridgehead atoms. The zero-order valence-corrected chi connectivity index (χ0v) is 13.2. The fraction of sp³-hybridized carbons (Fsp3) is 0.500. The molecule has 0 aliphatic carbocycles. The fourth-order valence-electron chi connectivity index (χ4n) is 2.16. The van der Waals surface area contributed by atoms with E-state index in [0.717, 1.165) is 13.1 Å². The molecule has 116 valence electrons. The number of hydrogen-bond donors (Lipinski definition) is 3. The Labute approximate surface area is 124 Å². The van der Waals surface area contributed by atoms with Crippen molar-refractivity contribution in [2.24, 2.45) is 0 Å². The van der Waals surface area contributed by atoms with E-state index >= 15 is 0 Å². The number of H-pyrrole nitrogens is 1. The van der Waals surface area contributed by atoms with Crippen molar-refractivity contribution in [3.05, 3.63) is 23.8 Å². The first kappa shape index (κ1) is 15.5. The SMILES string of the molecule is CCNCCn1nc(C)c(S(=O)(=O)Nc2cn[nH]c2)c1C. The van der Waals surface area contributed by atoms with Crippen molar-refractivity contribution in [3.8, 4) is 0 Å². The number of likely N-dealkylation sites (N-methyl/N-ethyl adjacent to an activating group) is 1. The van der Waals surface area contributed by atoms with Crippen LogP contribution in [0, 0.1) is 13.8 Å². The van der Waals surface area contributed by atoms with Crippen LogP contribution in [0.15, 0.2) is 17.3 Å². The van der Waals surface area contributed by atoms with Gasteiger partial charge in [-0.15, -0.1) is 0 Å². The highest BCUT2D eigenvalue weighted by Gasteiger charge is 2.24. The summed E-state index contributed by atoms with van der Waals surface area (Å²) in [6.07, 6.45) is 2.90. The number of rotatable bonds is 7. The van der Waals surface area contributed by atoms with Crippen LogP contribution in [0.25, 0.3) is 0 Å². The van der Waals surface area contributed by atoms with Crippen molar-refractivity contribution in [1.82, 2.24) is 25.3 Å². The summed E-state index contributed by atoms with van der Waals surface area (Å²) in [7, 11) is -3.67. The zero-order chi connectivity index (χ0) is 15.5. The lowest BCUT2D eigenvalue weighted by molar-refractivity contribution is 0.550. The molecule has 3 N–H and O–H groups in total. The third-order valence-electron chi connectivity index (χ3n) is 3.08. The Morgan fingerprint density at radius 3 is 2.76 bits per heavy atom. The number of nitrogens with zero attached hydrogens (tertiary/aromatic N) is 3. The van der Waals surface area contributed by atoms with Crippen molar-refractivity contribution >= 4 is 15.7 Å². The first-order valence-corrected chi connectivity index (χ1v) is 8.20. The van der Waals surface area contributed by atoms with Gasteiger partial charge < -0.3 is 5.32 Å². The highest BCUT2D eigenvalue weighted by molar-refractivity contribution is 7.92. The van der Waals surface area contributed by atoms with E-state index in [4.69, 9.17) is 0 Å². The van der Waals surface area contributed by atoms with Gasteiger partial charge in [0.05, 0.1) is 29.8 Å². The molecule has 0 aliphatic heterocycles. The topological polar surface area (TPSA) is 105 Å². The second kappa shape index (κ2) is 6.27. The molecule has 0 aromatic carbocycles. The Balaban J connectivity index is 2.26. The molecule has 0 spiro atoms. The third-order valence-corrected chi connectivity index (χ3v) is 4.72. The van der Waals surface area contributed by atoms with Crippen LogP contribution < -0.4 is 10.0 Å². The molecule has 2 rings (SSSR count). The van der Waals surface area contributed by atoms with Gasteiger partial charge >= 0.3 is 0 Å². The maximum atomic E-state index is 12.5. The summed E-state index contributed by atoms with van der Waals surface area (Å²) < 4.78 is 29.1. The van der Waals surface area contributed by atoms with Gasteiger partial charge in [0.1, 0.15) is 4.90 Å². The summed E-state index contributed by atoms with van der Waals surface area (Å²) in [5.41, 5.74) is 1.51. The Morgan fingerprint density at radius 1 is 1.38 bits per heavy atom. The minimum Gasteiger partial charge on any atom is -0.315 e. The van der Waals surface area contributed by atoms with E-state index in [2.05, 4.69) is 25.3 Å². The van der Waals surface area contributed by atoms with E-state index in [0.29, 0.717) is 23.6 Å². The molecule has 0 saturated heterocycles. The Kier molecular flexibility index (Phi) is 4.63. The van der Waals surface area contributed by atoms with Crippen LogP contribution in [0.2, 0.25) is 0 Å². The molecular formula is C12H20N6O2S. The molecule has 8 nitrogen and oxygen atoms in total. The molecular weight excluding hydrogens is 292 g/mol. The largest absolute Gasteiger partial charge is 0.315 e. The average Bonchev–Trinajstić information content (AvgIpc) is 2.98. The van der Waals surface area contributed by atoms with Gasteiger partial charge in [-0.3, -0.25) is 14.5 Å². The molecule has 2 heterocycles. The summed E-state index contributed by atoms with van der Waals surface area (Å²) in [5, 5.41) is 13.8. The second-order valence-electron chi connectivity index (χ2n) is 4.67. The van der Waals surface area contributed by atoms with Crippen LogP contribution in [-0.4, -0.2) is 41.5 Å². The Hall–Kier alpha value is -1.87. The molecule has 0 saturated carbocycles. The van der Waals surface area contributed by atoms with Gasteiger partial charge in [0.15, 0.2) is 0 Å².